The first kappa shape index (κ1) is 26.7. The summed E-state index contributed by atoms with van der Waals surface area (Å²) in [6.07, 6.45) is -1.02. The number of rotatable bonds is 9. The zero-order valence-electron chi connectivity index (χ0n) is 21.6. The van der Waals surface area contributed by atoms with Crippen LogP contribution in [0.3, 0.4) is 0 Å². The van der Waals surface area contributed by atoms with Gasteiger partial charge in [-0.3, -0.25) is 14.4 Å². The van der Waals surface area contributed by atoms with E-state index in [9.17, 15) is 14.4 Å². The molecule has 1 heterocycles. The minimum Gasteiger partial charge on any atom is -0.497 e. The molecule has 3 aromatic carbocycles. The minimum absolute atomic E-state index is 0.0702. The minimum atomic E-state index is -1.09. The fourth-order valence-electron chi connectivity index (χ4n) is 4.51. The number of nitrogens with two attached hydrogens (primary N) is 1. The summed E-state index contributed by atoms with van der Waals surface area (Å²) in [5.74, 6) is 0.119. The lowest BCUT2D eigenvalue weighted by Gasteiger charge is -2.29. The van der Waals surface area contributed by atoms with E-state index in [2.05, 4.69) is 5.32 Å². The first-order valence-corrected chi connectivity index (χ1v) is 12.4. The van der Waals surface area contributed by atoms with E-state index in [1.807, 2.05) is 36.4 Å². The van der Waals surface area contributed by atoms with Crippen LogP contribution in [0, 0.1) is 0 Å². The molecule has 0 radical (unpaired) electrons. The van der Waals surface area contributed by atoms with Crippen LogP contribution in [0.2, 0.25) is 0 Å². The Balaban J connectivity index is 1.57. The van der Waals surface area contributed by atoms with Crippen molar-refractivity contribution in [2.75, 3.05) is 27.3 Å². The molecule has 0 saturated carbocycles. The molecule has 3 aromatic rings. The molecule has 1 aliphatic heterocycles. The molecule has 1 unspecified atom stereocenters. The molecule has 0 aromatic heterocycles. The van der Waals surface area contributed by atoms with Crippen molar-refractivity contribution in [3.63, 3.8) is 0 Å². The van der Waals surface area contributed by atoms with Gasteiger partial charge < -0.3 is 30.3 Å². The molecule has 1 fully saturated rings. The Labute approximate surface area is 222 Å². The topological polar surface area (TPSA) is 114 Å². The van der Waals surface area contributed by atoms with Gasteiger partial charge in [0.25, 0.3) is 11.8 Å². The number of hydrogen-bond acceptors (Lipinski definition) is 6. The van der Waals surface area contributed by atoms with E-state index in [0.717, 1.165) is 16.7 Å². The van der Waals surface area contributed by atoms with Crippen LogP contribution in [-0.2, 0) is 29.1 Å². The van der Waals surface area contributed by atoms with E-state index in [1.165, 1.54) is 16.9 Å². The Hall–Kier alpha value is -4.37. The largest absolute Gasteiger partial charge is 0.497 e. The summed E-state index contributed by atoms with van der Waals surface area (Å²) in [4.78, 5) is 43.4. The monoisotopic (exact) mass is 516 g/mol. The fourth-order valence-corrected chi connectivity index (χ4v) is 4.51. The molecule has 4 rings (SSSR count). The maximum Gasteiger partial charge on any atom is 0.264 e. The molecule has 1 saturated heterocycles. The predicted molar refractivity (Wildman–Crippen MR) is 142 cm³/mol. The normalized spacial score (nSPS) is 14.8. The van der Waals surface area contributed by atoms with E-state index in [-0.39, 0.29) is 37.9 Å². The lowest BCUT2D eigenvalue weighted by atomic mass is 10.1. The average Bonchev–Trinajstić information content (AvgIpc) is 3.41. The van der Waals surface area contributed by atoms with Crippen LogP contribution in [0.4, 0.5) is 0 Å². The summed E-state index contributed by atoms with van der Waals surface area (Å²) in [6.45, 7) is 1.09. The third-order valence-electron chi connectivity index (χ3n) is 6.49. The smallest absolute Gasteiger partial charge is 0.264 e. The molecule has 0 aliphatic carbocycles. The van der Waals surface area contributed by atoms with Crippen LogP contribution >= 0.6 is 0 Å². The second-order valence-corrected chi connectivity index (χ2v) is 8.96. The number of amides is 3. The van der Waals surface area contributed by atoms with Crippen molar-refractivity contribution >= 4 is 17.7 Å². The molecular weight excluding hydrogens is 484 g/mol. The zero-order chi connectivity index (χ0) is 27.1. The van der Waals surface area contributed by atoms with Gasteiger partial charge in [0.05, 0.1) is 20.6 Å². The number of nitrogens with one attached hydrogen (secondary N) is 1. The van der Waals surface area contributed by atoms with E-state index in [0.29, 0.717) is 23.6 Å². The van der Waals surface area contributed by atoms with Crippen molar-refractivity contribution in [2.45, 2.75) is 25.7 Å². The van der Waals surface area contributed by atoms with Gasteiger partial charge in [-0.05, 0) is 47.0 Å². The van der Waals surface area contributed by atoms with Crippen LogP contribution in [0.15, 0.2) is 72.8 Å². The van der Waals surface area contributed by atoms with Gasteiger partial charge in [-0.25, -0.2) is 0 Å². The van der Waals surface area contributed by atoms with Gasteiger partial charge >= 0.3 is 0 Å². The molecule has 0 bridgehead atoms. The summed E-state index contributed by atoms with van der Waals surface area (Å²) >= 11 is 0. The molecule has 1 atom stereocenters. The predicted octanol–water partition coefficient (Wildman–Crippen LogP) is 2.33. The second kappa shape index (κ2) is 12.2. The van der Waals surface area contributed by atoms with Crippen LogP contribution in [0.5, 0.6) is 11.5 Å². The van der Waals surface area contributed by atoms with E-state index in [1.54, 1.807) is 43.5 Å². The highest BCUT2D eigenvalue weighted by atomic mass is 16.5. The lowest BCUT2D eigenvalue weighted by molar-refractivity contribution is -0.141. The van der Waals surface area contributed by atoms with Crippen molar-refractivity contribution in [3.8, 4) is 11.5 Å². The van der Waals surface area contributed by atoms with E-state index < -0.39 is 12.1 Å². The van der Waals surface area contributed by atoms with Gasteiger partial charge in [0.1, 0.15) is 11.5 Å². The second-order valence-electron chi connectivity index (χ2n) is 8.96. The van der Waals surface area contributed by atoms with Gasteiger partial charge in [-0.15, -0.1) is 0 Å². The van der Waals surface area contributed by atoms with Gasteiger partial charge in [0, 0.05) is 31.7 Å². The highest BCUT2D eigenvalue weighted by Gasteiger charge is 2.42. The number of methoxy groups -OCH3 is 2. The number of benzene rings is 3. The van der Waals surface area contributed by atoms with Crippen molar-refractivity contribution in [1.29, 1.82) is 0 Å². The molecular formula is C29H32N4O5. The fraction of sp³-hybridized carbons (Fsp3) is 0.276. The van der Waals surface area contributed by atoms with Crippen molar-refractivity contribution < 1.29 is 23.9 Å². The van der Waals surface area contributed by atoms with Gasteiger partial charge in [-0.2, -0.15) is 0 Å². The maximum absolute atomic E-state index is 13.5. The third-order valence-corrected chi connectivity index (χ3v) is 6.49. The SMILES string of the molecule is COc1cccc(CC(=O)N2CCN(C(=O)c3cccc(OC)c3)C2C(=O)NCc2cccc(CN)c2)c1. The Morgan fingerprint density at radius 2 is 1.47 bits per heavy atom. The summed E-state index contributed by atoms with van der Waals surface area (Å²) in [7, 11) is 3.08. The van der Waals surface area contributed by atoms with Crippen LogP contribution in [0.25, 0.3) is 0 Å². The summed E-state index contributed by atoms with van der Waals surface area (Å²) in [6, 6.07) is 21.6. The number of ether oxygens (including phenoxy) is 2. The quantitative estimate of drug-likeness (QED) is 0.451. The van der Waals surface area contributed by atoms with Crippen LogP contribution in [0.1, 0.15) is 27.0 Å². The van der Waals surface area contributed by atoms with Crippen LogP contribution < -0.4 is 20.5 Å². The Morgan fingerprint density at radius 3 is 2.21 bits per heavy atom. The molecule has 9 heteroatoms. The van der Waals surface area contributed by atoms with Gasteiger partial charge in [-0.1, -0.05) is 42.5 Å². The van der Waals surface area contributed by atoms with E-state index in [4.69, 9.17) is 15.2 Å². The molecule has 3 amide bonds. The molecule has 0 spiro atoms. The number of carbonyl (C=O) groups excluding carboxylic acids is 3. The standard InChI is InChI=1S/C29H32N4O5/c1-37-24-10-4-6-20(15-24)16-26(34)32-12-13-33(29(36)23-9-5-11-25(17-23)38-2)28(32)27(35)31-19-22-8-3-7-21(14-22)18-30/h3-11,14-15,17,28H,12-13,16,18-19,30H2,1-2H3,(H,31,35). The Kier molecular flexibility index (Phi) is 8.60. The third kappa shape index (κ3) is 6.12. The zero-order valence-corrected chi connectivity index (χ0v) is 21.6. The van der Waals surface area contributed by atoms with Gasteiger partial charge in [0.2, 0.25) is 5.91 Å². The summed E-state index contributed by atoms with van der Waals surface area (Å²) in [5.41, 5.74) is 8.69. The highest BCUT2D eigenvalue weighted by molar-refractivity contribution is 5.99. The first-order chi connectivity index (χ1) is 18.4. The Morgan fingerprint density at radius 1 is 0.842 bits per heavy atom. The first-order valence-electron chi connectivity index (χ1n) is 12.4. The van der Waals surface area contributed by atoms with Crippen molar-refractivity contribution in [3.05, 3.63) is 95.1 Å². The van der Waals surface area contributed by atoms with Crippen molar-refractivity contribution in [2.24, 2.45) is 5.73 Å². The maximum atomic E-state index is 13.5. The molecule has 3 N–H and O–H groups in total. The number of carbonyl (C=O) groups is 3. The highest BCUT2D eigenvalue weighted by Crippen LogP contribution is 2.23. The summed E-state index contributed by atoms with van der Waals surface area (Å²) < 4.78 is 10.5. The molecule has 38 heavy (non-hydrogen) atoms. The molecule has 9 nitrogen and oxygen atoms in total. The Bertz CT molecular complexity index is 1310. The van der Waals surface area contributed by atoms with Gasteiger partial charge in [0.15, 0.2) is 6.17 Å². The summed E-state index contributed by atoms with van der Waals surface area (Å²) in [5, 5.41) is 2.91. The van der Waals surface area contributed by atoms with E-state index >= 15 is 0 Å². The van der Waals surface area contributed by atoms with Crippen molar-refractivity contribution in [1.82, 2.24) is 15.1 Å². The number of hydrogen-bond donors (Lipinski definition) is 2. The molecule has 198 valence electrons. The molecule has 1 aliphatic rings. The number of nitrogens with zero attached hydrogens (tertiary/aromatic N) is 2. The van der Waals surface area contributed by atoms with Crippen LogP contribution in [-0.4, -0.2) is 61.0 Å². The lowest BCUT2D eigenvalue weighted by Crippen LogP contribution is -2.54. The average molecular weight is 517 g/mol.